The monoisotopic (exact) mass is 186 g/mol. The largest absolute Gasteiger partial charge is 0.508 e. The van der Waals surface area contributed by atoms with Crippen molar-refractivity contribution >= 4 is 0 Å². The van der Waals surface area contributed by atoms with Gasteiger partial charge in [0.1, 0.15) is 5.75 Å². The SMILES string of the molecule is Cc1ccc(-c2cccc(O)c2)nn1. The van der Waals surface area contributed by atoms with Crippen molar-refractivity contribution in [1.29, 1.82) is 0 Å². The first-order chi connectivity index (χ1) is 6.75. The third-order valence-electron chi connectivity index (χ3n) is 1.94. The maximum Gasteiger partial charge on any atom is 0.116 e. The van der Waals surface area contributed by atoms with Gasteiger partial charge in [-0.1, -0.05) is 12.1 Å². The third kappa shape index (κ3) is 1.71. The van der Waals surface area contributed by atoms with Crippen molar-refractivity contribution in [3.05, 3.63) is 42.1 Å². The second-order valence-corrected chi connectivity index (χ2v) is 3.11. The van der Waals surface area contributed by atoms with E-state index in [2.05, 4.69) is 10.2 Å². The first kappa shape index (κ1) is 8.69. The van der Waals surface area contributed by atoms with Gasteiger partial charge in [0.2, 0.25) is 0 Å². The minimum atomic E-state index is 0.241. The van der Waals surface area contributed by atoms with E-state index in [0.717, 1.165) is 17.0 Å². The van der Waals surface area contributed by atoms with Crippen LogP contribution in [0, 0.1) is 6.92 Å². The van der Waals surface area contributed by atoms with E-state index in [-0.39, 0.29) is 5.75 Å². The summed E-state index contributed by atoms with van der Waals surface area (Å²) in [4.78, 5) is 0. The van der Waals surface area contributed by atoms with Crippen LogP contribution in [0.2, 0.25) is 0 Å². The standard InChI is InChI=1S/C11H10N2O/c1-8-5-6-11(13-12-8)9-3-2-4-10(14)7-9/h2-7,14H,1H3. The van der Waals surface area contributed by atoms with E-state index >= 15 is 0 Å². The minimum Gasteiger partial charge on any atom is -0.508 e. The number of rotatable bonds is 1. The van der Waals surface area contributed by atoms with E-state index in [0.29, 0.717) is 0 Å². The second-order valence-electron chi connectivity index (χ2n) is 3.11. The fourth-order valence-corrected chi connectivity index (χ4v) is 1.22. The average molecular weight is 186 g/mol. The Hall–Kier alpha value is -1.90. The molecule has 0 aliphatic heterocycles. The van der Waals surface area contributed by atoms with Crippen molar-refractivity contribution in [2.75, 3.05) is 0 Å². The molecule has 3 heteroatoms. The number of aromatic hydroxyl groups is 1. The first-order valence-electron chi connectivity index (χ1n) is 4.35. The molecule has 0 spiro atoms. The molecular weight excluding hydrogens is 176 g/mol. The van der Waals surface area contributed by atoms with E-state index in [1.807, 2.05) is 25.1 Å². The lowest BCUT2D eigenvalue weighted by Gasteiger charge is -2.00. The third-order valence-corrected chi connectivity index (χ3v) is 1.94. The number of nitrogens with zero attached hydrogens (tertiary/aromatic N) is 2. The Morgan fingerprint density at radius 1 is 1.07 bits per heavy atom. The van der Waals surface area contributed by atoms with Crippen LogP contribution in [0.25, 0.3) is 11.3 Å². The van der Waals surface area contributed by atoms with Crippen LogP contribution in [0.4, 0.5) is 0 Å². The van der Waals surface area contributed by atoms with Crippen molar-refractivity contribution in [3.8, 4) is 17.0 Å². The number of benzene rings is 1. The molecule has 0 radical (unpaired) electrons. The van der Waals surface area contributed by atoms with Gasteiger partial charge in [-0.2, -0.15) is 10.2 Å². The predicted molar refractivity (Wildman–Crippen MR) is 53.9 cm³/mol. The molecule has 0 amide bonds. The average Bonchev–Trinajstić information content (AvgIpc) is 2.19. The van der Waals surface area contributed by atoms with Gasteiger partial charge >= 0.3 is 0 Å². The van der Waals surface area contributed by atoms with Crippen molar-refractivity contribution in [1.82, 2.24) is 10.2 Å². The Kier molecular flexibility index (Phi) is 2.14. The van der Waals surface area contributed by atoms with Crippen molar-refractivity contribution < 1.29 is 5.11 Å². The van der Waals surface area contributed by atoms with Gasteiger partial charge in [0.15, 0.2) is 0 Å². The Labute approximate surface area is 82.1 Å². The Bertz CT molecular complexity index is 437. The summed E-state index contributed by atoms with van der Waals surface area (Å²) in [7, 11) is 0. The summed E-state index contributed by atoms with van der Waals surface area (Å²) in [5, 5.41) is 17.3. The maximum absolute atomic E-state index is 9.28. The molecule has 0 bridgehead atoms. The lowest BCUT2D eigenvalue weighted by molar-refractivity contribution is 0.475. The van der Waals surface area contributed by atoms with Crippen molar-refractivity contribution in [2.45, 2.75) is 6.92 Å². The summed E-state index contributed by atoms with van der Waals surface area (Å²) < 4.78 is 0. The molecule has 1 N–H and O–H groups in total. The Morgan fingerprint density at radius 2 is 1.93 bits per heavy atom. The zero-order chi connectivity index (χ0) is 9.97. The zero-order valence-electron chi connectivity index (χ0n) is 7.81. The Morgan fingerprint density at radius 3 is 2.57 bits per heavy atom. The molecule has 0 fully saturated rings. The van der Waals surface area contributed by atoms with Gasteiger partial charge in [0, 0.05) is 5.56 Å². The molecule has 2 rings (SSSR count). The summed E-state index contributed by atoms with van der Waals surface area (Å²) in [6.45, 7) is 1.89. The summed E-state index contributed by atoms with van der Waals surface area (Å²) in [5.41, 5.74) is 2.53. The zero-order valence-corrected chi connectivity index (χ0v) is 7.81. The van der Waals surface area contributed by atoms with Gasteiger partial charge < -0.3 is 5.11 Å². The number of hydrogen-bond acceptors (Lipinski definition) is 3. The summed E-state index contributed by atoms with van der Waals surface area (Å²) in [5.74, 6) is 0.241. The van der Waals surface area contributed by atoms with E-state index in [9.17, 15) is 5.11 Å². The number of aryl methyl sites for hydroxylation is 1. The van der Waals surface area contributed by atoms with Crippen molar-refractivity contribution in [2.24, 2.45) is 0 Å². The van der Waals surface area contributed by atoms with Gasteiger partial charge in [0.25, 0.3) is 0 Å². The lowest BCUT2D eigenvalue weighted by atomic mass is 10.1. The van der Waals surface area contributed by atoms with Crippen molar-refractivity contribution in [3.63, 3.8) is 0 Å². The van der Waals surface area contributed by atoms with E-state index in [4.69, 9.17) is 0 Å². The normalized spacial score (nSPS) is 10.1. The number of hydrogen-bond donors (Lipinski definition) is 1. The van der Waals surface area contributed by atoms with Gasteiger partial charge in [-0.25, -0.2) is 0 Å². The molecule has 0 unspecified atom stereocenters. The minimum absolute atomic E-state index is 0.241. The fourth-order valence-electron chi connectivity index (χ4n) is 1.22. The molecule has 2 aromatic rings. The molecular formula is C11H10N2O. The topological polar surface area (TPSA) is 46.0 Å². The van der Waals surface area contributed by atoms with Gasteiger partial charge in [-0.05, 0) is 31.2 Å². The molecule has 70 valence electrons. The number of phenols is 1. The molecule has 0 saturated heterocycles. The smallest absolute Gasteiger partial charge is 0.116 e. The maximum atomic E-state index is 9.28. The molecule has 14 heavy (non-hydrogen) atoms. The molecule has 0 atom stereocenters. The second kappa shape index (κ2) is 3.46. The molecule has 0 aliphatic rings. The summed E-state index contributed by atoms with van der Waals surface area (Å²) in [6.07, 6.45) is 0. The molecule has 0 aliphatic carbocycles. The number of phenolic OH excluding ortho intramolecular Hbond substituents is 1. The van der Waals surface area contributed by atoms with Gasteiger partial charge in [0.05, 0.1) is 11.4 Å². The van der Waals surface area contributed by atoms with Crippen LogP contribution in [0.3, 0.4) is 0 Å². The van der Waals surface area contributed by atoms with Crippen LogP contribution < -0.4 is 0 Å². The van der Waals surface area contributed by atoms with Crippen LogP contribution in [-0.4, -0.2) is 15.3 Å². The quantitative estimate of drug-likeness (QED) is 0.742. The summed E-state index contributed by atoms with van der Waals surface area (Å²) >= 11 is 0. The lowest BCUT2D eigenvalue weighted by Crippen LogP contribution is -1.88. The highest BCUT2D eigenvalue weighted by Crippen LogP contribution is 2.20. The number of aromatic nitrogens is 2. The molecule has 1 aromatic carbocycles. The first-order valence-corrected chi connectivity index (χ1v) is 4.35. The van der Waals surface area contributed by atoms with Gasteiger partial charge in [-0.15, -0.1) is 0 Å². The summed E-state index contributed by atoms with van der Waals surface area (Å²) in [6, 6.07) is 10.7. The molecule has 1 heterocycles. The predicted octanol–water partition coefficient (Wildman–Crippen LogP) is 2.16. The highest BCUT2D eigenvalue weighted by Gasteiger charge is 1.99. The molecule has 3 nitrogen and oxygen atoms in total. The van der Waals surface area contributed by atoms with E-state index in [1.165, 1.54) is 0 Å². The van der Waals surface area contributed by atoms with Crippen LogP contribution in [0.15, 0.2) is 36.4 Å². The highest BCUT2D eigenvalue weighted by atomic mass is 16.3. The van der Waals surface area contributed by atoms with Crippen LogP contribution >= 0.6 is 0 Å². The van der Waals surface area contributed by atoms with Crippen LogP contribution in [0.1, 0.15) is 5.69 Å². The van der Waals surface area contributed by atoms with Crippen LogP contribution in [0.5, 0.6) is 5.75 Å². The highest BCUT2D eigenvalue weighted by molar-refractivity contribution is 5.60. The van der Waals surface area contributed by atoms with E-state index in [1.54, 1.807) is 18.2 Å². The van der Waals surface area contributed by atoms with E-state index < -0.39 is 0 Å². The van der Waals surface area contributed by atoms with Gasteiger partial charge in [-0.3, -0.25) is 0 Å². The fraction of sp³-hybridized carbons (Fsp3) is 0.0909. The Balaban J connectivity index is 2.44. The molecule has 1 aromatic heterocycles. The van der Waals surface area contributed by atoms with Crippen LogP contribution in [-0.2, 0) is 0 Å². The molecule has 0 saturated carbocycles.